The van der Waals surface area contributed by atoms with Gasteiger partial charge in [0.1, 0.15) is 28.4 Å². The molecule has 0 aliphatic carbocycles. The summed E-state index contributed by atoms with van der Waals surface area (Å²) < 4.78 is 10.7. The standard InChI is InChI=1S/C22H27N5O3.ClH/c1-14(2)26-8-10-27(11-9-26)19-7-5-6-16(23-19)21-24-17-12-15(29-3)13-18(30-4)20(17)22(28)25-21;/h5-7,12-14H,8-11H2,1-4H3,(H,24,25,28);1H. The zero-order valence-electron chi connectivity index (χ0n) is 18.2. The first kappa shape index (κ1) is 22.8. The molecule has 1 N–H and O–H groups in total. The number of aromatic amines is 1. The number of fused-ring (bicyclic) bond motifs is 1. The van der Waals surface area contributed by atoms with Crippen molar-refractivity contribution in [2.45, 2.75) is 19.9 Å². The van der Waals surface area contributed by atoms with E-state index in [9.17, 15) is 4.79 Å². The molecule has 0 saturated carbocycles. The van der Waals surface area contributed by atoms with Crippen LogP contribution in [0.25, 0.3) is 22.4 Å². The molecule has 8 nitrogen and oxygen atoms in total. The van der Waals surface area contributed by atoms with Gasteiger partial charge >= 0.3 is 0 Å². The Hall–Kier alpha value is -2.84. The molecule has 1 aliphatic heterocycles. The predicted octanol–water partition coefficient (Wildman–Crippen LogP) is 2.95. The zero-order chi connectivity index (χ0) is 21.3. The van der Waals surface area contributed by atoms with Crippen molar-refractivity contribution in [2.75, 3.05) is 45.3 Å². The van der Waals surface area contributed by atoms with Crippen LogP contribution >= 0.6 is 12.4 Å². The summed E-state index contributed by atoms with van der Waals surface area (Å²) in [4.78, 5) is 29.8. The Bertz CT molecular complexity index is 1110. The summed E-state index contributed by atoms with van der Waals surface area (Å²) in [5.74, 6) is 2.31. The van der Waals surface area contributed by atoms with Gasteiger partial charge in [-0.05, 0) is 26.0 Å². The van der Waals surface area contributed by atoms with E-state index in [0.29, 0.717) is 40.0 Å². The summed E-state index contributed by atoms with van der Waals surface area (Å²) in [6.07, 6.45) is 0. The van der Waals surface area contributed by atoms with Crippen molar-refractivity contribution >= 4 is 29.1 Å². The number of halogens is 1. The number of ether oxygens (including phenoxy) is 2. The smallest absolute Gasteiger partial charge is 0.262 e. The molecule has 0 spiro atoms. The van der Waals surface area contributed by atoms with Crippen LogP contribution in [0.1, 0.15) is 13.8 Å². The predicted molar refractivity (Wildman–Crippen MR) is 125 cm³/mol. The van der Waals surface area contributed by atoms with Crippen LogP contribution in [0.3, 0.4) is 0 Å². The lowest BCUT2D eigenvalue weighted by molar-refractivity contribution is 0.209. The summed E-state index contributed by atoms with van der Waals surface area (Å²) >= 11 is 0. The van der Waals surface area contributed by atoms with Crippen LogP contribution in [-0.2, 0) is 0 Å². The van der Waals surface area contributed by atoms with Gasteiger partial charge in [-0.15, -0.1) is 12.4 Å². The van der Waals surface area contributed by atoms with Crippen LogP contribution in [0, 0.1) is 0 Å². The highest BCUT2D eigenvalue weighted by atomic mass is 35.5. The number of nitrogens with one attached hydrogen (secondary N) is 1. The summed E-state index contributed by atoms with van der Waals surface area (Å²) in [6.45, 7) is 8.30. The molecular formula is C22H28ClN5O3. The van der Waals surface area contributed by atoms with Crippen LogP contribution in [-0.4, -0.2) is 66.3 Å². The number of hydrogen-bond donors (Lipinski definition) is 1. The topological polar surface area (TPSA) is 83.6 Å². The van der Waals surface area contributed by atoms with Gasteiger partial charge in [-0.1, -0.05) is 6.07 Å². The number of anilines is 1. The molecule has 166 valence electrons. The quantitative estimate of drug-likeness (QED) is 0.646. The second-order valence-corrected chi connectivity index (χ2v) is 7.64. The third-order valence-electron chi connectivity index (χ3n) is 5.55. The fourth-order valence-electron chi connectivity index (χ4n) is 3.81. The largest absolute Gasteiger partial charge is 0.497 e. The lowest BCUT2D eigenvalue weighted by Gasteiger charge is -2.37. The minimum absolute atomic E-state index is 0. The Kier molecular flexibility index (Phi) is 7.02. The van der Waals surface area contributed by atoms with E-state index < -0.39 is 0 Å². The van der Waals surface area contributed by atoms with Crippen molar-refractivity contribution < 1.29 is 9.47 Å². The molecule has 0 unspecified atom stereocenters. The van der Waals surface area contributed by atoms with Crippen LogP contribution in [0.5, 0.6) is 11.5 Å². The van der Waals surface area contributed by atoms with E-state index in [1.54, 1.807) is 19.2 Å². The number of piperazine rings is 1. The maximum absolute atomic E-state index is 12.8. The molecule has 31 heavy (non-hydrogen) atoms. The molecule has 3 aromatic rings. The Labute approximate surface area is 187 Å². The highest BCUT2D eigenvalue weighted by Crippen LogP contribution is 2.29. The van der Waals surface area contributed by atoms with E-state index in [2.05, 4.69) is 33.6 Å². The molecule has 4 rings (SSSR count). The molecule has 1 fully saturated rings. The van der Waals surface area contributed by atoms with Crippen molar-refractivity contribution in [3.05, 3.63) is 40.7 Å². The number of rotatable bonds is 5. The van der Waals surface area contributed by atoms with E-state index in [0.717, 1.165) is 32.0 Å². The summed E-state index contributed by atoms with van der Waals surface area (Å²) in [6, 6.07) is 9.75. The van der Waals surface area contributed by atoms with E-state index in [4.69, 9.17) is 14.5 Å². The van der Waals surface area contributed by atoms with Crippen LogP contribution < -0.4 is 19.9 Å². The average molecular weight is 446 g/mol. The number of hydrogen-bond acceptors (Lipinski definition) is 7. The van der Waals surface area contributed by atoms with Crippen molar-refractivity contribution in [1.82, 2.24) is 19.9 Å². The first-order valence-corrected chi connectivity index (χ1v) is 10.1. The van der Waals surface area contributed by atoms with Gasteiger partial charge in [0, 0.05) is 44.4 Å². The molecule has 0 atom stereocenters. The molecular weight excluding hydrogens is 418 g/mol. The minimum Gasteiger partial charge on any atom is -0.497 e. The maximum atomic E-state index is 12.8. The zero-order valence-corrected chi connectivity index (χ0v) is 19.0. The van der Waals surface area contributed by atoms with Gasteiger partial charge in [-0.3, -0.25) is 9.69 Å². The third-order valence-corrected chi connectivity index (χ3v) is 5.55. The highest BCUT2D eigenvalue weighted by molar-refractivity contribution is 5.87. The first-order valence-electron chi connectivity index (χ1n) is 10.1. The fourth-order valence-corrected chi connectivity index (χ4v) is 3.81. The SMILES string of the molecule is COc1cc(OC)c2c(=O)[nH]c(-c3cccc(N4CCN(C(C)C)CC4)n3)nc2c1.Cl. The van der Waals surface area contributed by atoms with E-state index in [1.165, 1.54) is 7.11 Å². The van der Waals surface area contributed by atoms with Gasteiger partial charge in [0.15, 0.2) is 5.82 Å². The number of pyridine rings is 1. The molecule has 1 aromatic carbocycles. The number of methoxy groups -OCH3 is 2. The number of aromatic nitrogens is 3. The Morgan fingerprint density at radius 3 is 2.42 bits per heavy atom. The van der Waals surface area contributed by atoms with Gasteiger partial charge in [-0.2, -0.15) is 0 Å². The summed E-state index contributed by atoms with van der Waals surface area (Å²) in [7, 11) is 3.09. The summed E-state index contributed by atoms with van der Waals surface area (Å²) in [5.41, 5.74) is 0.856. The molecule has 3 heterocycles. The number of nitrogens with zero attached hydrogens (tertiary/aromatic N) is 4. The van der Waals surface area contributed by atoms with Gasteiger partial charge < -0.3 is 19.4 Å². The normalized spacial score (nSPS) is 14.5. The number of benzene rings is 1. The fraction of sp³-hybridized carbons (Fsp3) is 0.409. The van der Waals surface area contributed by atoms with Crippen molar-refractivity contribution in [3.63, 3.8) is 0 Å². The average Bonchev–Trinajstić information content (AvgIpc) is 2.78. The minimum atomic E-state index is -0.271. The monoisotopic (exact) mass is 445 g/mol. The van der Waals surface area contributed by atoms with Crippen LogP contribution in [0.4, 0.5) is 5.82 Å². The molecule has 0 amide bonds. The van der Waals surface area contributed by atoms with Crippen LogP contribution in [0.15, 0.2) is 35.1 Å². The Morgan fingerprint density at radius 2 is 1.77 bits per heavy atom. The molecule has 9 heteroatoms. The van der Waals surface area contributed by atoms with Gasteiger partial charge in [-0.25, -0.2) is 9.97 Å². The van der Waals surface area contributed by atoms with E-state index in [1.807, 2.05) is 18.2 Å². The number of H-pyrrole nitrogens is 1. The third kappa shape index (κ3) is 4.60. The van der Waals surface area contributed by atoms with Crippen LogP contribution in [0.2, 0.25) is 0 Å². The maximum Gasteiger partial charge on any atom is 0.262 e. The second kappa shape index (κ2) is 9.53. The van der Waals surface area contributed by atoms with Crippen molar-refractivity contribution in [2.24, 2.45) is 0 Å². The molecule has 0 radical (unpaired) electrons. The van der Waals surface area contributed by atoms with E-state index in [-0.39, 0.29) is 18.0 Å². The first-order chi connectivity index (χ1) is 14.5. The Morgan fingerprint density at radius 1 is 1.03 bits per heavy atom. The second-order valence-electron chi connectivity index (χ2n) is 7.64. The van der Waals surface area contributed by atoms with Gasteiger partial charge in [0.25, 0.3) is 5.56 Å². The Balaban J connectivity index is 0.00000272. The molecule has 0 bridgehead atoms. The van der Waals surface area contributed by atoms with Gasteiger partial charge in [0.2, 0.25) is 0 Å². The van der Waals surface area contributed by atoms with E-state index >= 15 is 0 Å². The molecule has 1 aliphatic rings. The van der Waals surface area contributed by atoms with Crippen molar-refractivity contribution in [3.8, 4) is 23.0 Å². The van der Waals surface area contributed by atoms with Gasteiger partial charge in [0.05, 0.1) is 19.7 Å². The molecule has 2 aromatic heterocycles. The highest BCUT2D eigenvalue weighted by Gasteiger charge is 2.20. The lowest BCUT2D eigenvalue weighted by atomic mass is 10.2. The summed E-state index contributed by atoms with van der Waals surface area (Å²) in [5, 5.41) is 0.392. The molecule has 1 saturated heterocycles. The van der Waals surface area contributed by atoms with Crippen molar-refractivity contribution in [1.29, 1.82) is 0 Å². The lowest BCUT2D eigenvalue weighted by Crippen LogP contribution is -2.49.